The number of nitrogens with one attached hydrogen (secondary N) is 1. The fourth-order valence-electron chi connectivity index (χ4n) is 3.23. The lowest BCUT2D eigenvalue weighted by atomic mass is 10.1. The molecule has 1 amide bonds. The Kier molecular flexibility index (Phi) is 5.83. The van der Waals surface area contributed by atoms with Gasteiger partial charge in [-0.1, -0.05) is 35.9 Å². The number of benzene rings is 2. The maximum absolute atomic E-state index is 13.1. The summed E-state index contributed by atoms with van der Waals surface area (Å²) in [4.78, 5) is 30.6. The van der Waals surface area contributed by atoms with Gasteiger partial charge in [0, 0.05) is 28.4 Å². The second-order valence-electron chi connectivity index (χ2n) is 7.22. The topological polar surface area (TPSA) is 64.0 Å². The average Bonchev–Trinajstić information content (AvgIpc) is 3.15. The molecule has 0 radical (unpaired) electrons. The lowest BCUT2D eigenvalue weighted by Crippen LogP contribution is -2.23. The van der Waals surface area contributed by atoms with Crippen LogP contribution in [0.2, 0.25) is 0 Å². The van der Waals surface area contributed by atoms with Crippen molar-refractivity contribution in [2.75, 3.05) is 5.32 Å². The fraction of sp³-hybridized carbons (Fsp3) is 0.174. The number of carbonyl (C=O) groups is 1. The van der Waals surface area contributed by atoms with Gasteiger partial charge in [0.05, 0.1) is 17.4 Å². The molecule has 0 aliphatic rings. The highest BCUT2D eigenvalue weighted by molar-refractivity contribution is 9.10. The van der Waals surface area contributed by atoms with Crippen LogP contribution in [0.25, 0.3) is 21.3 Å². The third-order valence-corrected chi connectivity index (χ3v) is 6.44. The minimum absolute atomic E-state index is 0.124. The van der Waals surface area contributed by atoms with Crippen molar-refractivity contribution in [2.45, 2.75) is 26.8 Å². The van der Waals surface area contributed by atoms with Gasteiger partial charge in [0.1, 0.15) is 4.83 Å². The first-order valence-corrected chi connectivity index (χ1v) is 11.2. The maximum Gasteiger partial charge on any atom is 0.262 e. The van der Waals surface area contributed by atoms with E-state index in [0.717, 1.165) is 21.2 Å². The van der Waals surface area contributed by atoms with Crippen LogP contribution in [0.3, 0.4) is 0 Å². The van der Waals surface area contributed by atoms with E-state index in [1.807, 2.05) is 61.7 Å². The van der Waals surface area contributed by atoms with Crippen LogP contribution in [-0.2, 0) is 11.3 Å². The minimum atomic E-state index is -0.157. The predicted molar refractivity (Wildman–Crippen MR) is 126 cm³/mol. The lowest BCUT2D eigenvalue weighted by molar-refractivity contribution is -0.116. The first kappa shape index (κ1) is 20.5. The molecule has 4 aromatic rings. The fourth-order valence-corrected chi connectivity index (χ4v) is 4.73. The first-order chi connectivity index (χ1) is 14.4. The van der Waals surface area contributed by atoms with Gasteiger partial charge in [0.15, 0.2) is 0 Å². The highest BCUT2D eigenvalue weighted by Gasteiger charge is 2.14. The molecule has 4 rings (SSSR count). The molecule has 5 nitrogen and oxygen atoms in total. The van der Waals surface area contributed by atoms with Crippen molar-refractivity contribution in [1.82, 2.24) is 9.55 Å². The molecule has 0 saturated carbocycles. The van der Waals surface area contributed by atoms with Gasteiger partial charge in [-0.15, -0.1) is 11.3 Å². The Balaban J connectivity index is 1.55. The second kappa shape index (κ2) is 8.53. The van der Waals surface area contributed by atoms with Crippen LogP contribution in [0.1, 0.15) is 17.5 Å². The number of thiophene rings is 1. The molecule has 152 valence electrons. The lowest BCUT2D eigenvalue weighted by Gasteiger charge is -2.09. The summed E-state index contributed by atoms with van der Waals surface area (Å²) >= 11 is 4.92. The van der Waals surface area contributed by atoms with Crippen LogP contribution >= 0.6 is 27.3 Å². The number of aromatic nitrogens is 2. The molecule has 2 aromatic heterocycles. The van der Waals surface area contributed by atoms with E-state index >= 15 is 0 Å². The van der Waals surface area contributed by atoms with Crippen LogP contribution in [0.5, 0.6) is 0 Å². The second-order valence-corrected chi connectivity index (χ2v) is 8.93. The molecule has 0 unspecified atom stereocenters. The highest BCUT2D eigenvalue weighted by atomic mass is 79.9. The smallest absolute Gasteiger partial charge is 0.262 e. The molecule has 0 spiro atoms. The predicted octanol–water partition coefficient (Wildman–Crippen LogP) is 5.53. The molecule has 1 N–H and O–H groups in total. The third-order valence-electron chi connectivity index (χ3n) is 4.90. The molecule has 0 saturated heterocycles. The Morgan fingerprint density at radius 1 is 1.13 bits per heavy atom. The zero-order chi connectivity index (χ0) is 21.3. The SMILES string of the molecule is Cc1ccc(-c2csc3ncn(CCC(=O)Nc4ccc(C)cc4Br)c(=O)c23)cc1. The van der Waals surface area contributed by atoms with Crippen LogP contribution in [-0.4, -0.2) is 15.5 Å². The Morgan fingerprint density at radius 3 is 2.60 bits per heavy atom. The van der Waals surface area contributed by atoms with Crippen LogP contribution in [0.15, 0.2) is 63.4 Å². The number of aryl methyl sites for hydroxylation is 3. The Bertz CT molecular complexity index is 1290. The molecule has 0 fully saturated rings. The summed E-state index contributed by atoms with van der Waals surface area (Å²) in [5, 5.41) is 5.45. The van der Waals surface area contributed by atoms with E-state index in [2.05, 4.69) is 26.2 Å². The number of fused-ring (bicyclic) bond motifs is 1. The number of hydrogen-bond acceptors (Lipinski definition) is 4. The van der Waals surface area contributed by atoms with Crippen molar-refractivity contribution in [2.24, 2.45) is 0 Å². The van der Waals surface area contributed by atoms with E-state index < -0.39 is 0 Å². The number of amides is 1. The Labute approximate surface area is 186 Å². The molecule has 2 heterocycles. The average molecular weight is 482 g/mol. The van der Waals surface area contributed by atoms with E-state index in [1.165, 1.54) is 27.8 Å². The van der Waals surface area contributed by atoms with Crippen LogP contribution in [0, 0.1) is 13.8 Å². The normalized spacial score (nSPS) is 11.0. The van der Waals surface area contributed by atoms with Crippen molar-refractivity contribution in [3.63, 3.8) is 0 Å². The summed E-state index contributed by atoms with van der Waals surface area (Å²) in [5.74, 6) is -0.157. The van der Waals surface area contributed by atoms with E-state index in [0.29, 0.717) is 15.9 Å². The molecular formula is C23H20BrN3O2S. The summed E-state index contributed by atoms with van der Waals surface area (Å²) in [5.41, 5.74) is 4.73. The number of rotatable bonds is 5. The molecule has 0 bridgehead atoms. The monoisotopic (exact) mass is 481 g/mol. The van der Waals surface area contributed by atoms with E-state index in [9.17, 15) is 9.59 Å². The molecule has 0 aliphatic carbocycles. The van der Waals surface area contributed by atoms with Gasteiger partial charge < -0.3 is 5.32 Å². The van der Waals surface area contributed by atoms with Gasteiger partial charge in [-0.3, -0.25) is 14.2 Å². The standard InChI is InChI=1S/C23H20BrN3O2S/c1-14-3-6-16(7-4-14)17-12-30-22-21(17)23(29)27(13-25-22)10-9-20(28)26-19-8-5-15(2)11-18(19)24/h3-8,11-13H,9-10H2,1-2H3,(H,26,28). The third kappa shape index (κ3) is 4.22. The van der Waals surface area contributed by atoms with Crippen LogP contribution in [0.4, 0.5) is 5.69 Å². The van der Waals surface area contributed by atoms with Gasteiger partial charge in [-0.2, -0.15) is 0 Å². The zero-order valence-electron chi connectivity index (χ0n) is 16.6. The highest BCUT2D eigenvalue weighted by Crippen LogP contribution is 2.30. The number of carbonyl (C=O) groups excluding carboxylic acids is 1. The summed E-state index contributed by atoms with van der Waals surface area (Å²) in [6.07, 6.45) is 1.70. The van der Waals surface area contributed by atoms with Gasteiger partial charge in [0.25, 0.3) is 5.56 Å². The minimum Gasteiger partial charge on any atom is -0.325 e. The van der Waals surface area contributed by atoms with Crippen LogP contribution < -0.4 is 10.9 Å². The molecule has 0 aliphatic heterocycles. The largest absolute Gasteiger partial charge is 0.325 e. The van der Waals surface area contributed by atoms with Crippen molar-refractivity contribution in [3.05, 3.63) is 80.1 Å². The summed E-state index contributed by atoms with van der Waals surface area (Å²) in [7, 11) is 0. The number of anilines is 1. The van der Waals surface area contributed by atoms with Gasteiger partial charge in [0.2, 0.25) is 5.91 Å². The molecule has 0 atom stereocenters. The maximum atomic E-state index is 13.1. The Hall–Kier alpha value is -2.77. The van der Waals surface area contributed by atoms with Crippen molar-refractivity contribution in [1.29, 1.82) is 0 Å². The number of nitrogens with zero attached hydrogens (tertiary/aromatic N) is 2. The Morgan fingerprint density at radius 2 is 1.87 bits per heavy atom. The van der Waals surface area contributed by atoms with Gasteiger partial charge >= 0.3 is 0 Å². The van der Waals surface area contributed by atoms with Crippen molar-refractivity contribution >= 4 is 49.1 Å². The van der Waals surface area contributed by atoms with E-state index in [4.69, 9.17) is 0 Å². The molecule has 7 heteroatoms. The first-order valence-electron chi connectivity index (χ1n) is 9.52. The molecule has 30 heavy (non-hydrogen) atoms. The van der Waals surface area contributed by atoms with E-state index in [1.54, 1.807) is 0 Å². The van der Waals surface area contributed by atoms with E-state index in [-0.39, 0.29) is 24.4 Å². The van der Waals surface area contributed by atoms with Gasteiger partial charge in [-0.25, -0.2) is 4.98 Å². The quantitative estimate of drug-likeness (QED) is 0.407. The molecule has 2 aromatic carbocycles. The molecular weight excluding hydrogens is 462 g/mol. The van der Waals surface area contributed by atoms with Crippen molar-refractivity contribution < 1.29 is 4.79 Å². The summed E-state index contributed by atoms with van der Waals surface area (Å²) in [6, 6.07) is 13.8. The number of hydrogen-bond donors (Lipinski definition) is 1. The summed E-state index contributed by atoms with van der Waals surface area (Å²) in [6.45, 7) is 4.28. The summed E-state index contributed by atoms with van der Waals surface area (Å²) < 4.78 is 2.34. The number of halogens is 1. The van der Waals surface area contributed by atoms with Gasteiger partial charge in [-0.05, 0) is 53.0 Å². The zero-order valence-corrected chi connectivity index (χ0v) is 19.0. The van der Waals surface area contributed by atoms with Crippen molar-refractivity contribution in [3.8, 4) is 11.1 Å².